The first-order chi connectivity index (χ1) is 11.7. The van der Waals surface area contributed by atoms with E-state index >= 15 is 0 Å². The van der Waals surface area contributed by atoms with Crippen molar-refractivity contribution in [2.75, 3.05) is 0 Å². The highest BCUT2D eigenvalue weighted by Crippen LogP contribution is 2.32. The van der Waals surface area contributed by atoms with Gasteiger partial charge >= 0.3 is 0 Å². The van der Waals surface area contributed by atoms with E-state index < -0.39 is 11.6 Å². The lowest BCUT2D eigenvalue weighted by atomic mass is 9.84. The second-order valence-corrected chi connectivity index (χ2v) is 6.21. The van der Waals surface area contributed by atoms with Gasteiger partial charge in [0.1, 0.15) is 24.5 Å². The van der Waals surface area contributed by atoms with Crippen LogP contribution in [-0.4, -0.2) is 6.21 Å². The predicted molar refractivity (Wildman–Crippen MR) is 90.0 cm³/mol. The molecule has 1 aliphatic carbocycles. The van der Waals surface area contributed by atoms with Gasteiger partial charge in [-0.25, -0.2) is 8.78 Å². The molecule has 0 saturated heterocycles. The van der Waals surface area contributed by atoms with E-state index in [1.165, 1.54) is 49.8 Å². The van der Waals surface area contributed by atoms with Crippen LogP contribution in [0.15, 0.2) is 47.6 Å². The number of rotatable bonds is 5. The highest BCUT2D eigenvalue weighted by Gasteiger charge is 2.15. The molecular weight excluding hydrogens is 308 g/mol. The molecule has 24 heavy (non-hydrogen) atoms. The molecular formula is C20H20F2NO. The lowest BCUT2D eigenvalue weighted by Crippen LogP contribution is -2.04. The number of benzene rings is 2. The largest absolute Gasteiger partial charge is 0.390 e. The van der Waals surface area contributed by atoms with Crippen LogP contribution in [-0.2, 0) is 11.4 Å². The number of hydrogen-bond donors (Lipinski definition) is 0. The molecule has 2 aromatic rings. The Morgan fingerprint density at radius 3 is 2.50 bits per heavy atom. The normalized spacial score (nSPS) is 15.8. The smallest absolute Gasteiger partial charge is 0.142 e. The Kier molecular flexibility index (Phi) is 5.57. The minimum Gasteiger partial charge on any atom is -0.390 e. The Morgan fingerprint density at radius 1 is 1.00 bits per heavy atom. The van der Waals surface area contributed by atoms with E-state index in [4.69, 9.17) is 4.84 Å². The van der Waals surface area contributed by atoms with Crippen molar-refractivity contribution in [3.8, 4) is 0 Å². The van der Waals surface area contributed by atoms with E-state index in [0.29, 0.717) is 11.5 Å². The van der Waals surface area contributed by atoms with E-state index in [-0.39, 0.29) is 6.61 Å². The van der Waals surface area contributed by atoms with Crippen molar-refractivity contribution >= 4 is 6.21 Å². The zero-order chi connectivity index (χ0) is 16.8. The lowest BCUT2D eigenvalue weighted by molar-refractivity contribution is 0.131. The maximum atomic E-state index is 13.1. The van der Waals surface area contributed by atoms with E-state index in [9.17, 15) is 8.78 Å². The van der Waals surface area contributed by atoms with Crippen LogP contribution < -0.4 is 0 Å². The summed E-state index contributed by atoms with van der Waals surface area (Å²) in [6.07, 6.45) is 9.23. The summed E-state index contributed by atoms with van der Waals surface area (Å²) < 4.78 is 26.2. The maximum Gasteiger partial charge on any atom is 0.142 e. The Labute approximate surface area is 141 Å². The molecule has 4 heteroatoms. The summed E-state index contributed by atoms with van der Waals surface area (Å²) in [7, 11) is 0. The van der Waals surface area contributed by atoms with Crippen molar-refractivity contribution in [1.29, 1.82) is 0 Å². The Morgan fingerprint density at radius 2 is 1.75 bits per heavy atom. The lowest BCUT2D eigenvalue weighted by Gasteiger charge is -2.22. The monoisotopic (exact) mass is 328 g/mol. The van der Waals surface area contributed by atoms with Crippen molar-refractivity contribution in [2.45, 2.75) is 44.6 Å². The number of hydrogen-bond acceptors (Lipinski definition) is 2. The van der Waals surface area contributed by atoms with Gasteiger partial charge in [-0.1, -0.05) is 42.6 Å². The summed E-state index contributed by atoms with van der Waals surface area (Å²) in [4.78, 5) is 5.10. The van der Waals surface area contributed by atoms with Crippen LogP contribution in [0.3, 0.4) is 0 Å². The molecule has 0 heterocycles. The molecule has 3 rings (SSSR count). The Hall–Kier alpha value is -2.23. The van der Waals surface area contributed by atoms with Gasteiger partial charge < -0.3 is 4.84 Å². The fraction of sp³-hybridized carbons (Fsp3) is 0.350. The highest BCUT2D eigenvalue weighted by molar-refractivity contribution is 5.79. The summed E-state index contributed by atoms with van der Waals surface area (Å²) >= 11 is 0. The summed E-state index contributed by atoms with van der Waals surface area (Å²) in [5, 5.41) is 3.79. The molecule has 1 saturated carbocycles. The molecule has 125 valence electrons. The molecule has 2 nitrogen and oxygen atoms in total. The van der Waals surface area contributed by atoms with E-state index in [0.717, 1.165) is 11.6 Å². The topological polar surface area (TPSA) is 21.6 Å². The van der Waals surface area contributed by atoms with Crippen LogP contribution in [0.4, 0.5) is 8.78 Å². The zero-order valence-corrected chi connectivity index (χ0v) is 13.5. The van der Waals surface area contributed by atoms with E-state index in [1.54, 1.807) is 0 Å². The quantitative estimate of drug-likeness (QED) is 0.529. The molecule has 0 bridgehead atoms. The third kappa shape index (κ3) is 4.63. The van der Waals surface area contributed by atoms with Gasteiger partial charge in [0.15, 0.2) is 0 Å². The van der Waals surface area contributed by atoms with Crippen LogP contribution in [0.5, 0.6) is 0 Å². The summed E-state index contributed by atoms with van der Waals surface area (Å²) in [6.45, 7) is 0.00396. The fourth-order valence-corrected chi connectivity index (χ4v) is 3.18. The number of nitrogens with zero attached hydrogens (tertiary/aromatic N) is 1. The Balaban J connectivity index is 1.58. The molecule has 2 aromatic carbocycles. The highest BCUT2D eigenvalue weighted by atomic mass is 19.1. The standard InChI is InChI=1S/C20H20F2NO/c21-19-10-16(11-20(22)12-19)14-24-23-13-15-5-4-8-18(9-15)17-6-2-1-3-7-17/h4-5,8-12,17H,1-3,6-7,14H2. The first-order valence-corrected chi connectivity index (χ1v) is 8.33. The van der Waals surface area contributed by atoms with E-state index in [2.05, 4.69) is 23.5 Å². The maximum absolute atomic E-state index is 13.1. The van der Waals surface area contributed by atoms with Gasteiger partial charge in [-0.3, -0.25) is 0 Å². The van der Waals surface area contributed by atoms with E-state index in [1.807, 2.05) is 12.1 Å². The average Bonchev–Trinajstić information content (AvgIpc) is 2.59. The molecule has 0 spiro atoms. The molecule has 0 aromatic heterocycles. The summed E-state index contributed by atoms with van der Waals surface area (Å²) in [6, 6.07) is 11.4. The molecule has 0 amide bonds. The molecule has 1 radical (unpaired) electrons. The third-order valence-corrected chi connectivity index (χ3v) is 4.36. The average molecular weight is 328 g/mol. The summed E-state index contributed by atoms with van der Waals surface area (Å²) in [5.74, 6) is -0.625. The third-order valence-electron chi connectivity index (χ3n) is 4.36. The second-order valence-electron chi connectivity index (χ2n) is 6.21. The van der Waals surface area contributed by atoms with Crippen molar-refractivity contribution in [1.82, 2.24) is 0 Å². The molecule has 0 atom stereocenters. The first kappa shape index (κ1) is 16.6. The minimum absolute atomic E-state index is 0.00396. The van der Waals surface area contributed by atoms with Gasteiger partial charge in [0, 0.05) is 11.6 Å². The van der Waals surface area contributed by atoms with Gasteiger partial charge in [0.2, 0.25) is 0 Å². The predicted octanol–water partition coefficient (Wildman–Crippen LogP) is 5.44. The molecule has 0 aliphatic heterocycles. The van der Waals surface area contributed by atoms with Crippen LogP contribution in [0.1, 0.15) is 54.7 Å². The van der Waals surface area contributed by atoms with Crippen molar-refractivity contribution in [3.05, 3.63) is 70.8 Å². The SMILES string of the molecule is Fc1cc(F)cc(CO/N=[C]\c2cccc(C3CCCCC3)c2)c1. The Bertz CT molecular complexity index is 688. The van der Waals surface area contributed by atoms with Gasteiger partial charge in [-0.05, 0) is 48.1 Å². The van der Waals surface area contributed by atoms with Crippen molar-refractivity contribution in [3.63, 3.8) is 0 Å². The number of halogens is 2. The zero-order valence-electron chi connectivity index (χ0n) is 13.5. The van der Waals surface area contributed by atoms with Gasteiger partial charge in [0.05, 0.1) is 0 Å². The molecule has 1 fully saturated rings. The van der Waals surface area contributed by atoms with Gasteiger partial charge in [-0.15, -0.1) is 0 Å². The van der Waals surface area contributed by atoms with Crippen LogP contribution in [0.2, 0.25) is 0 Å². The van der Waals surface area contributed by atoms with Crippen LogP contribution >= 0.6 is 0 Å². The molecule has 0 unspecified atom stereocenters. The second kappa shape index (κ2) is 8.04. The van der Waals surface area contributed by atoms with Crippen molar-refractivity contribution < 1.29 is 13.6 Å². The summed E-state index contributed by atoms with van der Waals surface area (Å²) in [5.41, 5.74) is 2.57. The molecule has 1 aliphatic rings. The van der Waals surface area contributed by atoms with Crippen LogP contribution in [0, 0.1) is 11.6 Å². The van der Waals surface area contributed by atoms with Crippen LogP contribution in [0.25, 0.3) is 0 Å². The molecule has 0 N–H and O–H groups in total. The fourth-order valence-electron chi connectivity index (χ4n) is 3.18. The van der Waals surface area contributed by atoms with Gasteiger partial charge in [-0.2, -0.15) is 0 Å². The van der Waals surface area contributed by atoms with Crippen molar-refractivity contribution in [2.24, 2.45) is 5.16 Å². The minimum atomic E-state index is -0.623. The first-order valence-electron chi connectivity index (χ1n) is 8.33. The van der Waals surface area contributed by atoms with Gasteiger partial charge in [0.25, 0.3) is 0 Å².